The van der Waals surface area contributed by atoms with E-state index in [4.69, 9.17) is 10.5 Å². The molecule has 0 aromatic heterocycles. The standard InChI is InChI=1S/C17H26N2O5S/c1-17(2)12-19(10-8-15(17)18)25(21,22)14-6-4-13(5-7-14)24-11-9-16(20)23-3/h4-7,15H,8-12,18H2,1-3H3. The van der Waals surface area contributed by atoms with Crippen molar-refractivity contribution in [2.45, 2.75) is 37.6 Å². The van der Waals surface area contributed by atoms with Gasteiger partial charge in [-0.2, -0.15) is 4.31 Å². The van der Waals surface area contributed by atoms with Crippen LogP contribution in [0.25, 0.3) is 0 Å². The Bertz CT molecular complexity index is 700. The summed E-state index contributed by atoms with van der Waals surface area (Å²) in [6.07, 6.45) is 0.778. The molecule has 0 amide bonds. The van der Waals surface area contributed by atoms with Crippen molar-refractivity contribution in [1.29, 1.82) is 0 Å². The Balaban J connectivity index is 2.04. The zero-order valence-electron chi connectivity index (χ0n) is 14.9. The number of rotatable bonds is 6. The van der Waals surface area contributed by atoms with Crippen molar-refractivity contribution in [2.75, 3.05) is 26.8 Å². The number of carbonyl (C=O) groups excluding carboxylic acids is 1. The Morgan fingerprint density at radius 2 is 1.96 bits per heavy atom. The molecular weight excluding hydrogens is 344 g/mol. The van der Waals surface area contributed by atoms with Gasteiger partial charge in [-0.15, -0.1) is 0 Å². The maximum Gasteiger partial charge on any atom is 0.308 e. The fraction of sp³-hybridized carbons (Fsp3) is 0.588. The first-order valence-corrected chi connectivity index (χ1v) is 9.66. The predicted octanol–water partition coefficient (Wildman–Crippen LogP) is 1.38. The molecule has 2 rings (SSSR count). The van der Waals surface area contributed by atoms with E-state index in [-0.39, 0.29) is 35.3 Å². The van der Waals surface area contributed by atoms with Crippen LogP contribution in [-0.2, 0) is 19.6 Å². The zero-order chi connectivity index (χ0) is 18.7. The molecule has 140 valence electrons. The maximum atomic E-state index is 12.8. The van der Waals surface area contributed by atoms with Gasteiger partial charge in [0.2, 0.25) is 10.0 Å². The number of nitrogens with two attached hydrogens (primary N) is 1. The molecule has 1 heterocycles. The molecule has 1 aromatic rings. The van der Waals surface area contributed by atoms with Gasteiger partial charge in [0.25, 0.3) is 0 Å². The van der Waals surface area contributed by atoms with Gasteiger partial charge in [-0.25, -0.2) is 8.42 Å². The van der Waals surface area contributed by atoms with Gasteiger partial charge >= 0.3 is 5.97 Å². The molecule has 0 aliphatic carbocycles. The van der Waals surface area contributed by atoms with E-state index in [2.05, 4.69) is 4.74 Å². The van der Waals surface area contributed by atoms with Crippen LogP contribution in [0.5, 0.6) is 5.75 Å². The Kier molecular flexibility index (Phi) is 6.08. The van der Waals surface area contributed by atoms with E-state index in [9.17, 15) is 13.2 Å². The van der Waals surface area contributed by atoms with Gasteiger partial charge in [0.05, 0.1) is 25.0 Å². The fourth-order valence-corrected chi connectivity index (χ4v) is 4.37. The maximum absolute atomic E-state index is 12.8. The van der Waals surface area contributed by atoms with Gasteiger partial charge in [0.1, 0.15) is 5.75 Å². The summed E-state index contributed by atoms with van der Waals surface area (Å²) < 4.78 is 37.1. The minimum atomic E-state index is -3.56. The second-order valence-electron chi connectivity index (χ2n) is 6.87. The number of nitrogens with zero attached hydrogens (tertiary/aromatic N) is 1. The Labute approximate surface area is 149 Å². The molecule has 8 heteroatoms. The lowest BCUT2D eigenvalue weighted by Crippen LogP contribution is -2.53. The average molecular weight is 370 g/mol. The molecule has 0 bridgehead atoms. The first kappa shape index (κ1) is 19.7. The monoisotopic (exact) mass is 370 g/mol. The number of carbonyl (C=O) groups is 1. The van der Waals surface area contributed by atoms with E-state index in [0.29, 0.717) is 25.3 Å². The van der Waals surface area contributed by atoms with Gasteiger partial charge in [0, 0.05) is 19.1 Å². The third kappa shape index (κ3) is 4.71. The smallest absolute Gasteiger partial charge is 0.308 e. The number of hydrogen-bond acceptors (Lipinski definition) is 6. The van der Waals surface area contributed by atoms with E-state index in [1.807, 2.05) is 13.8 Å². The Morgan fingerprint density at radius 1 is 1.32 bits per heavy atom. The van der Waals surface area contributed by atoms with E-state index < -0.39 is 10.0 Å². The second kappa shape index (κ2) is 7.72. The summed E-state index contributed by atoms with van der Waals surface area (Å²) in [5, 5.41) is 0. The highest BCUT2D eigenvalue weighted by Crippen LogP contribution is 2.31. The lowest BCUT2D eigenvalue weighted by molar-refractivity contribution is -0.141. The van der Waals surface area contributed by atoms with Gasteiger partial charge in [-0.05, 0) is 36.1 Å². The van der Waals surface area contributed by atoms with Gasteiger partial charge < -0.3 is 15.2 Å². The summed E-state index contributed by atoms with van der Waals surface area (Å²) in [5.41, 5.74) is 5.82. The molecule has 1 aromatic carbocycles. The van der Waals surface area contributed by atoms with Crippen LogP contribution in [0.4, 0.5) is 0 Å². The molecule has 1 atom stereocenters. The van der Waals surface area contributed by atoms with Crippen molar-refractivity contribution < 1.29 is 22.7 Å². The highest BCUT2D eigenvalue weighted by atomic mass is 32.2. The summed E-state index contributed by atoms with van der Waals surface area (Å²) in [4.78, 5) is 11.3. The molecule has 1 aliphatic rings. The number of sulfonamides is 1. The molecule has 25 heavy (non-hydrogen) atoms. The first-order chi connectivity index (χ1) is 11.7. The summed E-state index contributed by atoms with van der Waals surface area (Å²) in [7, 11) is -2.25. The molecule has 2 N–H and O–H groups in total. The molecule has 1 unspecified atom stereocenters. The van der Waals surface area contributed by atoms with Gasteiger partial charge in [-0.3, -0.25) is 4.79 Å². The fourth-order valence-electron chi connectivity index (χ4n) is 2.74. The minimum Gasteiger partial charge on any atom is -0.493 e. The molecular formula is C17H26N2O5S. The van der Waals surface area contributed by atoms with Crippen LogP contribution in [-0.4, -0.2) is 51.5 Å². The highest BCUT2D eigenvalue weighted by Gasteiger charge is 2.38. The van der Waals surface area contributed by atoms with Crippen molar-refractivity contribution >= 4 is 16.0 Å². The molecule has 0 spiro atoms. The highest BCUT2D eigenvalue weighted by molar-refractivity contribution is 7.89. The molecule has 1 saturated heterocycles. The van der Waals surface area contributed by atoms with Crippen molar-refractivity contribution in [1.82, 2.24) is 4.31 Å². The second-order valence-corrected chi connectivity index (χ2v) is 8.81. The van der Waals surface area contributed by atoms with E-state index in [1.54, 1.807) is 12.1 Å². The van der Waals surface area contributed by atoms with Crippen molar-refractivity contribution in [3.63, 3.8) is 0 Å². The normalized spacial score (nSPS) is 20.9. The number of ether oxygens (including phenoxy) is 2. The lowest BCUT2D eigenvalue weighted by Gasteiger charge is -2.41. The van der Waals surface area contributed by atoms with Crippen LogP contribution in [0.2, 0.25) is 0 Å². The predicted molar refractivity (Wildman–Crippen MR) is 93.7 cm³/mol. The number of methoxy groups -OCH3 is 1. The summed E-state index contributed by atoms with van der Waals surface area (Å²) in [6, 6.07) is 6.20. The number of esters is 1. The topological polar surface area (TPSA) is 98.9 Å². The Morgan fingerprint density at radius 3 is 2.52 bits per heavy atom. The number of piperidine rings is 1. The van der Waals surface area contributed by atoms with Crippen molar-refractivity contribution in [3.05, 3.63) is 24.3 Å². The van der Waals surface area contributed by atoms with Gasteiger partial charge in [-0.1, -0.05) is 13.8 Å². The number of benzene rings is 1. The Hall–Kier alpha value is -1.64. The third-order valence-corrected chi connectivity index (χ3v) is 6.40. The molecule has 7 nitrogen and oxygen atoms in total. The van der Waals surface area contributed by atoms with E-state index in [0.717, 1.165) is 0 Å². The molecule has 1 aliphatic heterocycles. The SMILES string of the molecule is COC(=O)CCOc1ccc(S(=O)(=O)N2CCC(N)C(C)(C)C2)cc1. The van der Waals surface area contributed by atoms with E-state index >= 15 is 0 Å². The zero-order valence-corrected chi connectivity index (χ0v) is 15.7. The lowest BCUT2D eigenvalue weighted by atomic mass is 9.81. The van der Waals surface area contributed by atoms with E-state index in [1.165, 1.54) is 23.5 Å². The van der Waals surface area contributed by atoms with Crippen LogP contribution < -0.4 is 10.5 Å². The first-order valence-electron chi connectivity index (χ1n) is 8.22. The number of hydrogen-bond donors (Lipinski definition) is 1. The quantitative estimate of drug-likeness (QED) is 0.760. The summed E-state index contributed by atoms with van der Waals surface area (Å²) in [5.74, 6) is 0.147. The largest absolute Gasteiger partial charge is 0.493 e. The molecule has 0 radical (unpaired) electrons. The molecule has 1 fully saturated rings. The average Bonchev–Trinajstić information content (AvgIpc) is 2.57. The van der Waals surface area contributed by atoms with Crippen molar-refractivity contribution in [3.8, 4) is 5.75 Å². The minimum absolute atomic E-state index is 0.00969. The van der Waals surface area contributed by atoms with Crippen LogP contribution in [0.1, 0.15) is 26.7 Å². The van der Waals surface area contributed by atoms with Crippen molar-refractivity contribution in [2.24, 2.45) is 11.1 Å². The summed E-state index contributed by atoms with van der Waals surface area (Å²) in [6.45, 7) is 4.96. The van der Waals surface area contributed by atoms with Crippen LogP contribution in [0, 0.1) is 5.41 Å². The molecule has 0 saturated carbocycles. The van der Waals surface area contributed by atoms with Crippen LogP contribution >= 0.6 is 0 Å². The van der Waals surface area contributed by atoms with Gasteiger partial charge in [0.15, 0.2) is 0 Å². The third-order valence-electron chi connectivity index (χ3n) is 4.54. The summed E-state index contributed by atoms with van der Waals surface area (Å²) >= 11 is 0. The van der Waals surface area contributed by atoms with Crippen LogP contribution in [0.15, 0.2) is 29.2 Å². The van der Waals surface area contributed by atoms with Crippen LogP contribution in [0.3, 0.4) is 0 Å².